The Morgan fingerprint density at radius 3 is 2.55 bits per heavy atom. The van der Waals surface area contributed by atoms with Crippen LogP contribution in [0.1, 0.15) is 25.7 Å². The van der Waals surface area contributed by atoms with E-state index in [1.54, 1.807) is 0 Å². The van der Waals surface area contributed by atoms with E-state index in [1.165, 1.54) is 7.11 Å². The molecule has 0 bridgehead atoms. The number of carbonyl (C=O) groups excluding carboxylic acids is 1. The smallest absolute Gasteiger partial charge is 0.311 e. The van der Waals surface area contributed by atoms with Gasteiger partial charge in [0.05, 0.1) is 13.0 Å². The molecule has 0 aromatic rings. The van der Waals surface area contributed by atoms with Crippen molar-refractivity contribution in [1.29, 1.82) is 0 Å². The quantitative estimate of drug-likeness (QED) is 0.536. The van der Waals surface area contributed by atoms with Gasteiger partial charge in [-0.1, -0.05) is 12.8 Å². The van der Waals surface area contributed by atoms with Crippen LogP contribution in [0.5, 0.6) is 0 Å². The van der Waals surface area contributed by atoms with E-state index < -0.39 is 6.10 Å². The average molecular weight is 157 g/mol. The Balaban J connectivity index is 2.47. The van der Waals surface area contributed by atoms with Crippen LogP contribution in [-0.2, 0) is 14.6 Å². The predicted octanol–water partition coefficient (Wildman–Crippen LogP) is 1.15. The normalized spacial score (nSPS) is 31.5. The topological polar surface area (TPSA) is 46.2 Å². The highest BCUT2D eigenvalue weighted by Gasteiger charge is 2.31. The minimum atomic E-state index is -0.726. The Bertz CT molecular complexity index is 144. The molecule has 1 aliphatic carbocycles. The fourth-order valence-electron chi connectivity index (χ4n) is 1.52. The van der Waals surface area contributed by atoms with Crippen molar-refractivity contribution < 1.29 is 14.6 Å². The zero-order chi connectivity index (χ0) is 8.27. The van der Waals surface area contributed by atoms with Gasteiger partial charge in [0.2, 0.25) is 0 Å². The molecule has 3 nitrogen and oxygen atoms in total. The van der Waals surface area contributed by atoms with Gasteiger partial charge in [-0.2, -0.15) is 0 Å². The van der Waals surface area contributed by atoms with Crippen LogP contribution in [0.15, 0.2) is 0 Å². The van der Waals surface area contributed by atoms with E-state index in [2.05, 4.69) is 4.74 Å². The van der Waals surface area contributed by atoms with Gasteiger partial charge in [0.25, 0.3) is 0 Å². The first kappa shape index (κ1) is 8.53. The summed E-state index contributed by atoms with van der Waals surface area (Å²) in [7, 11) is 1.34. The molecule has 11 heavy (non-hydrogen) atoms. The number of methoxy groups -OCH3 is 1. The molecule has 0 aliphatic heterocycles. The molecular formula is C8H13O3. The van der Waals surface area contributed by atoms with Crippen molar-refractivity contribution in [2.24, 2.45) is 5.92 Å². The van der Waals surface area contributed by atoms with Crippen LogP contribution in [0.3, 0.4) is 0 Å². The monoisotopic (exact) mass is 157 g/mol. The third kappa shape index (κ3) is 1.93. The van der Waals surface area contributed by atoms with E-state index in [4.69, 9.17) is 0 Å². The largest absolute Gasteiger partial charge is 0.469 e. The number of carbonyl (C=O) groups is 1. The number of ether oxygens (including phenoxy) is 1. The highest BCUT2D eigenvalue weighted by Crippen LogP contribution is 2.25. The molecule has 63 valence electrons. The maximum Gasteiger partial charge on any atom is 0.311 e. The predicted molar refractivity (Wildman–Crippen MR) is 38.4 cm³/mol. The molecule has 1 radical (unpaired) electrons. The second kappa shape index (κ2) is 3.72. The van der Waals surface area contributed by atoms with Crippen molar-refractivity contribution in [3.63, 3.8) is 0 Å². The summed E-state index contributed by atoms with van der Waals surface area (Å²) in [6.45, 7) is 0. The van der Waals surface area contributed by atoms with Crippen LogP contribution in [0.2, 0.25) is 0 Å². The molecule has 1 fully saturated rings. The van der Waals surface area contributed by atoms with Crippen LogP contribution < -0.4 is 0 Å². The van der Waals surface area contributed by atoms with Crippen molar-refractivity contribution in [2.45, 2.75) is 31.8 Å². The van der Waals surface area contributed by atoms with Crippen LogP contribution in [0, 0.1) is 5.92 Å². The SMILES string of the molecule is COC(=O)C1CCCCC1[O]. The first-order valence-electron chi connectivity index (χ1n) is 3.99. The zero-order valence-corrected chi connectivity index (χ0v) is 6.71. The first-order chi connectivity index (χ1) is 5.25. The number of esters is 1. The second-order valence-corrected chi connectivity index (χ2v) is 2.95. The van der Waals surface area contributed by atoms with E-state index in [1.807, 2.05) is 0 Å². The molecule has 3 heteroatoms. The number of hydrogen-bond donors (Lipinski definition) is 0. The summed E-state index contributed by atoms with van der Waals surface area (Å²) in [4.78, 5) is 11.0. The highest BCUT2D eigenvalue weighted by atomic mass is 16.5. The summed E-state index contributed by atoms with van der Waals surface area (Å²) in [6.07, 6.45) is 2.55. The summed E-state index contributed by atoms with van der Waals surface area (Å²) < 4.78 is 4.52. The Morgan fingerprint density at radius 2 is 2.00 bits per heavy atom. The summed E-state index contributed by atoms with van der Waals surface area (Å²) in [5.41, 5.74) is 0. The standard InChI is InChI=1S/C8H13O3/c1-11-8(10)6-4-2-3-5-7(6)9/h6-7H,2-5H2,1H3. The molecule has 1 saturated carbocycles. The molecular weight excluding hydrogens is 144 g/mol. The second-order valence-electron chi connectivity index (χ2n) is 2.95. The highest BCUT2D eigenvalue weighted by molar-refractivity contribution is 5.73. The molecule has 0 spiro atoms. The fourth-order valence-corrected chi connectivity index (χ4v) is 1.52. The lowest BCUT2D eigenvalue weighted by Crippen LogP contribution is -2.31. The van der Waals surface area contributed by atoms with Crippen LogP contribution in [0.25, 0.3) is 0 Å². The van der Waals surface area contributed by atoms with Crippen LogP contribution >= 0.6 is 0 Å². The summed E-state index contributed by atoms with van der Waals surface area (Å²) in [5.74, 6) is -0.710. The molecule has 0 saturated heterocycles. The zero-order valence-electron chi connectivity index (χ0n) is 6.71. The first-order valence-corrected chi connectivity index (χ1v) is 3.99. The van der Waals surface area contributed by atoms with Gasteiger partial charge in [-0.25, -0.2) is 5.11 Å². The van der Waals surface area contributed by atoms with Gasteiger partial charge in [0, 0.05) is 0 Å². The molecule has 2 unspecified atom stereocenters. The molecule has 0 N–H and O–H groups in total. The Morgan fingerprint density at radius 1 is 1.36 bits per heavy atom. The maximum absolute atomic E-state index is 11.2. The molecule has 0 aromatic heterocycles. The lowest BCUT2D eigenvalue weighted by Gasteiger charge is -2.23. The third-order valence-corrected chi connectivity index (χ3v) is 2.21. The Labute approximate surface area is 66.4 Å². The molecule has 0 aromatic carbocycles. The number of hydrogen-bond acceptors (Lipinski definition) is 2. The van der Waals surface area contributed by atoms with Gasteiger partial charge in [0.15, 0.2) is 0 Å². The van der Waals surface area contributed by atoms with Crippen molar-refractivity contribution in [3.8, 4) is 0 Å². The Kier molecular flexibility index (Phi) is 2.88. The van der Waals surface area contributed by atoms with Gasteiger partial charge < -0.3 is 4.74 Å². The molecule has 0 heterocycles. The van der Waals surface area contributed by atoms with Gasteiger partial charge in [-0.3, -0.25) is 4.79 Å². The third-order valence-electron chi connectivity index (χ3n) is 2.21. The molecule has 2 atom stereocenters. The van der Waals surface area contributed by atoms with E-state index in [0.29, 0.717) is 12.8 Å². The van der Waals surface area contributed by atoms with Gasteiger partial charge in [0.1, 0.15) is 6.10 Å². The Hall–Kier alpha value is -0.570. The van der Waals surface area contributed by atoms with Crippen molar-refractivity contribution >= 4 is 5.97 Å². The van der Waals surface area contributed by atoms with Crippen molar-refractivity contribution in [1.82, 2.24) is 0 Å². The lowest BCUT2D eigenvalue weighted by atomic mass is 9.87. The average Bonchev–Trinajstić information content (AvgIpc) is 2.04. The molecule has 1 rings (SSSR count). The molecule has 0 amide bonds. The van der Waals surface area contributed by atoms with Crippen LogP contribution in [0.4, 0.5) is 0 Å². The van der Waals surface area contributed by atoms with Crippen molar-refractivity contribution in [2.75, 3.05) is 7.11 Å². The van der Waals surface area contributed by atoms with Crippen molar-refractivity contribution in [3.05, 3.63) is 0 Å². The van der Waals surface area contributed by atoms with E-state index in [9.17, 15) is 9.90 Å². The maximum atomic E-state index is 11.2. The summed E-state index contributed by atoms with van der Waals surface area (Å²) >= 11 is 0. The van der Waals surface area contributed by atoms with E-state index in [0.717, 1.165) is 12.8 Å². The van der Waals surface area contributed by atoms with E-state index in [-0.39, 0.29) is 11.9 Å². The fraction of sp³-hybridized carbons (Fsp3) is 0.875. The minimum Gasteiger partial charge on any atom is -0.469 e. The summed E-state index contributed by atoms with van der Waals surface area (Å²) in [6, 6.07) is 0. The van der Waals surface area contributed by atoms with Gasteiger partial charge in [-0.15, -0.1) is 0 Å². The van der Waals surface area contributed by atoms with Crippen LogP contribution in [-0.4, -0.2) is 19.2 Å². The van der Waals surface area contributed by atoms with Gasteiger partial charge in [-0.05, 0) is 12.8 Å². The summed E-state index contributed by atoms with van der Waals surface area (Å²) in [5, 5.41) is 11.2. The minimum absolute atomic E-state index is 0.329. The van der Waals surface area contributed by atoms with E-state index >= 15 is 0 Å². The van der Waals surface area contributed by atoms with Gasteiger partial charge >= 0.3 is 5.97 Å². The molecule has 1 aliphatic rings. The number of rotatable bonds is 1. The lowest BCUT2D eigenvalue weighted by molar-refractivity contribution is -0.153.